The molecule has 0 amide bonds. The molecule has 0 N–H and O–H groups in total. The average Bonchev–Trinajstić information content (AvgIpc) is 2.72. The fraction of sp³-hybridized carbons (Fsp3) is 0.500. The van der Waals surface area contributed by atoms with Crippen LogP contribution in [0.5, 0.6) is 5.75 Å². The van der Waals surface area contributed by atoms with Gasteiger partial charge in [-0.05, 0) is 38.0 Å². The lowest BCUT2D eigenvalue weighted by atomic mass is 10.2. The first kappa shape index (κ1) is 14.9. The van der Waals surface area contributed by atoms with E-state index in [4.69, 9.17) is 31.8 Å². The van der Waals surface area contributed by atoms with Gasteiger partial charge in [0.15, 0.2) is 0 Å². The van der Waals surface area contributed by atoms with Gasteiger partial charge in [-0.2, -0.15) is 0 Å². The molecular formula is C12H14Cl2O4S. The number of benzene rings is 1. The molecule has 1 aliphatic rings. The second-order valence-electron chi connectivity index (χ2n) is 4.49. The largest absolute Gasteiger partial charge is 0.489 e. The lowest BCUT2D eigenvalue weighted by Gasteiger charge is -2.14. The summed E-state index contributed by atoms with van der Waals surface area (Å²) < 4.78 is 34.0. The normalized spacial score (nSPS) is 23.5. The van der Waals surface area contributed by atoms with Gasteiger partial charge in [0.1, 0.15) is 17.3 Å². The topological polar surface area (TPSA) is 52.6 Å². The maximum atomic E-state index is 11.4. The zero-order valence-corrected chi connectivity index (χ0v) is 12.6. The van der Waals surface area contributed by atoms with E-state index in [1.807, 2.05) is 6.92 Å². The summed E-state index contributed by atoms with van der Waals surface area (Å²) in [5.74, 6) is 0.197. The highest BCUT2D eigenvalue weighted by molar-refractivity contribution is 8.13. The van der Waals surface area contributed by atoms with Crippen LogP contribution >= 0.6 is 22.3 Å². The predicted octanol–water partition coefficient (Wildman–Crippen LogP) is 3.21. The zero-order valence-electron chi connectivity index (χ0n) is 10.3. The van der Waals surface area contributed by atoms with E-state index in [0.717, 1.165) is 12.8 Å². The molecule has 0 bridgehead atoms. The molecular weight excluding hydrogens is 311 g/mol. The maximum Gasteiger partial charge on any atom is 0.265 e. The molecule has 1 saturated heterocycles. The Hall–Kier alpha value is -0.490. The Morgan fingerprint density at radius 2 is 2.16 bits per heavy atom. The smallest absolute Gasteiger partial charge is 0.265 e. The van der Waals surface area contributed by atoms with Crippen LogP contribution in [0.3, 0.4) is 0 Å². The van der Waals surface area contributed by atoms with Crippen molar-refractivity contribution < 1.29 is 17.9 Å². The van der Waals surface area contributed by atoms with Crippen molar-refractivity contribution in [3.8, 4) is 5.75 Å². The number of hydrogen-bond acceptors (Lipinski definition) is 4. The second kappa shape index (κ2) is 5.87. The minimum Gasteiger partial charge on any atom is -0.489 e. The van der Waals surface area contributed by atoms with Crippen LogP contribution in [-0.2, 0) is 13.8 Å². The fourth-order valence-electron chi connectivity index (χ4n) is 1.98. The van der Waals surface area contributed by atoms with E-state index in [-0.39, 0.29) is 27.9 Å². The van der Waals surface area contributed by atoms with Crippen LogP contribution in [0.1, 0.15) is 19.8 Å². The summed E-state index contributed by atoms with van der Waals surface area (Å²) in [5, 5.41) is 0.289. The standard InChI is InChI=1S/C12H14Cl2O4S/c1-8-2-4-10(18-8)7-17-11-5-3-9(13)6-12(11)19(14,15)16/h3,5-6,8,10H,2,4,7H2,1H3. The van der Waals surface area contributed by atoms with Gasteiger partial charge in [-0.15, -0.1) is 0 Å². The van der Waals surface area contributed by atoms with Gasteiger partial charge in [-0.1, -0.05) is 11.6 Å². The van der Waals surface area contributed by atoms with Gasteiger partial charge in [0.25, 0.3) is 9.05 Å². The summed E-state index contributed by atoms with van der Waals surface area (Å²) in [5.41, 5.74) is 0. The van der Waals surface area contributed by atoms with E-state index in [0.29, 0.717) is 6.61 Å². The fourth-order valence-corrected chi connectivity index (χ4v) is 3.22. The number of rotatable bonds is 4. The van der Waals surface area contributed by atoms with Crippen molar-refractivity contribution in [2.24, 2.45) is 0 Å². The monoisotopic (exact) mass is 324 g/mol. The second-order valence-corrected chi connectivity index (χ2v) is 7.46. The van der Waals surface area contributed by atoms with Gasteiger partial charge in [0, 0.05) is 15.7 Å². The van der Waals surface area contributed by atoms with Gasteiger partial charge < -0.3 is 9.47 Å². The van der Waals surface area contributed by atoms with Crippen LogP contribution in [-0.4, -0.2) is 27.2 Å². The highest BCUT2D eigenvalue weighted by Crippen LogP contribution is 2.30. The van der Waals surface area contributed by atoms with Gasteiger partial charge in [-0.3, -0.25) is 0 Å². The van der Waals surface area contributed by atoms with Crippen LogP contribution in [0.25, 0.3) is 0 Å². The molecule has 2 rings (SSSR count). The van der Waals surface area contributed by atoms with Crippen molar-refractivity contribution in [2.75, 3.05) is 6.61 Å². The number of hydrogen-bond donors (Lipinski definition) is 0. The van der Waals surface area contributed by atoms with Crippen molar-refractivity contribution in [1.82, 2.24) is 0 Å². The van der Waals surface area contributed by atoms with Crippen LogP contribution in [0.4, 0.5) is 0 Å². The van der Waals surface area contributed by atoms with Gasteiger partial charge in [0.2, 0.25) is 0 Å². The van der Waals surface area contributed by atoms with E-state index in [1.54, 1.807) is 6.07 Å². The van der Waals surface area contributed by atoms with E-state index >= 15 is 0 Å². The number of ether oxygens (including phenoxy) is 2. The summed E-state index contributed by atoms with van der Waals surface area (Å²) in [6.07, 6.45) is 2.08. The quantitative estimate of drug-likeness (QED) is 0.798. The first-order chi connectivity index (χ1) is 8.86. The SMILES string of the molecule is CC1CCC(COc2ccc(Cl)cc2S(=O)(=O)Cl)O1. The van der Waals surface area contributed by atoms with E-state index in [2.05, 4.69) is 0 Å². The molecule has 0 spiro atoms. The molecule has 4 nitrogen and oxygen atoms in total. The molecule has 0 saturated carbocycles. The third-order valence-electron chi connectivity index (χ3n) is 2.91. The molecule has 1 aliphatic heterocycles. The van der Waals surface area contributed by atoms with Crippen molar-refractivity contribution in [1.29, 1.82) is 0 Å². The molecule has 1 aromatic rings. The first-order valence-electron chi connectivity index (χ1n) is 5.89. The van der Waals surface area contributed by atoms with Gasteiger partial charge >= 0.3 is 0 Å². The molecule has 2 unspecified atom stereocenters. The van der Waals surface area contributed by atoms with Crippen LogP contribution in [0.2, 0.25) is 5.02 Å². The summed E-state index contributed by atoms with van der Waals surface area (Å²) in [6, 6.07) is 4.33. The van der Waals surface area contributed by atoms with Gasteiger partial charge in [0.05, 0.1) is 12.2 Å². The molecule has 0 radical (unpaired) electrons. The summed E-state index contributed by atoms with van der Waals surface area (Å²) >= 11 is 5.77. The molecule has 2 atom stereocenters. The highest BCUT2D eigenvalue weighted by Gasteiger charge is 2.24. The lowest BCUT2D eigenvalue weighted by molar-refractivity contribution is 0.0258. The molecule has 1 heterocycles. The van der Waals surface area contributed by atoms with Crippen LogP contribution < -0.4 is 4.74 Å². The Labute approximate surface area is 122 Å². The Bertz CT molecular complexity index is 559. The minimum absolute atomic E-state index is 0.0171. The molecule has 7 heteroatoms. The summed E-state index contributed by atoms with van der Waals surface area (Å²) in [6.45, 7) is 2.29. The lowest BCUT2D eigenvalue weighted by Crippen LogP contribution is -2.18. The van der Waals surface area contributed by atoms with Crippen molar-refractivity contribution >= 4 is 31.3 Å². The maximum absolute atomic E-state index is 11.4. The zero-order chi connectivity index (χ0) is 14.0. The Balaban J connectivity index is 2.12. The summed E-state index contributed by atoms with van der Waals surface area (Å²) in [7, 11) is 1.47. The van der Waals surface area contributed by atoms with Crippen molar-refractivity contribution in [3.63, 3.8) is 0 Å². The van der Waals surface area contributed by atoms with Gasteiger partial charge in [-0.25, -0.2) is 8.42 Å². The number of halogens is 2. The molecule has 106 valence electrons. The minimum atomic E-state index is -3.89. The first-order valence-corrected chi connectivity index (χ1v) is 8.57. The highest BCUT2D eigenvalue weighted by atomic mass is 35.7. The van der Waals surface area contributed by atoms with E-state index in [9.17, 15) is 8.42 Å². The van der Waals surface area contributed by atoms with Crippen molar-refractivity contribution in [3.05, 3.63) is 23.2 Å². The van der Waals surface area contributed by atoms with E-state index < -0.39 is 9.05 Å². The summed E-state index contributed by atoms with van der Waals surface area (Å²) in [4.78, 5) is -0.118. The average molecular weight is 325 g/mol. The van der Waals surface area contributed by atoms with Crippen molar-refractivity contribution in [2.45, 2.75) is 36.9 Å². The molecule has 1 fully saturated rings. The van der Waals surface area contributed by atoms with Crippen LogP contribution in [0, 0.1) is 0 Å². The van der Waals surface area contributed by atoms with Crippen LogP contribution in [0.15, 0.2) is 23.1 Å². The Morgan fingerprint density at radius 3 is 2.74 bits per heavy atom. The molecule has 1 aromatic carbocycles. The third kappa shape index (κ3) is 3.99. The Kier molecular flexibility index (Phi) is 4.61. The predicted molar refractivity (Wildman–Crippen MR) is 73.6 cm³/mol. The Morgan fingerprint density at radius 1 is 1.42 bits per heavy atom. The molecule has 0 aromatic heterocycles. The molecule has 0 aliphatic carbocycles. The van der Waals surface area contributed by atoms with E-state index in [1.165, 1.54) is 12.1 Å². The third-order valence-corrected chi connectivity index (χ3v) is 4.49. The molecule has 19 heavy (non-hydrogen) atoms.